The van der Waals surface area contributed by atoms with Gasteiger partial charge in [0, 0.05) is 4.48 Å². The van der Waals surface area contributed by atoms with Crippen molar-refractivity contribution >= 4 is 21.9 Å². The summed E-state index contributed by atoms with van der Waals surface area (Å²) in [7, 11) is 1.36. The van der Waals surface area contributed by atoms with Crippen molar-refractivity contribution in [2.24, 2.45) is 0 Å². The summed E-state index contributed by atoms with van der Waals surface area (Å²) in [4.78, 5) is 10.6. The fourth-order valence-electron chi connectivity index (χ4n) is 0.528. The number of carboxylic acids is 1. The van der Waals surface area contributed by atoms with Gasteiger partial charge < -0.3 is 9.84 Å². The summed E-state index contributed by atoms with van der Waals surface area (Å²) in [6.07, 6.45) is 1.33. The molecule has 0 aliphatic rings. The first-order valence-electron chi connectivity index (χ1n) is 3.01. The van der Waals surface area contributed by atoms with E-state index in [1.807, 2.05) is 0 Å². The molecule has 0 bridgehead atoms. The molecule has 0 unspecified atom stereocenters. The lowest BCUT2D eigenvalue weighted by Gasteiger charge is -2.03. The number of carbonyl (C=O) groups is 1. The van der Waals surface area contributed by atoms with E-state index < -0.39 is 5.97 Å². The standard InChI is InChI=1S/C8H9BrO3/c1-5(9)4-7(8(10)11)6(2)12-3/h4H,1-2H2,3H3,(H,10,11)/b7-4+. The molecule has 0 aromatic carbocycles. The van der Waals surface area contributed by atoms with Gasteiger partial charge in [-0.25, -0.2) is 4.79 Å². The van der Waals surface area contributed by atoms with E-state index in [1.165, 1.54) is 13.2 Å². The molecule has 0 aliphatic heterocycles. The first kappa shape index (κ1) is 11.0. The Hall–Kier alpha value is -1.03. The summed E-state index contributed by atoms with van der Waals surface area (Å²) in [5.41, 5.74) is -0.0145. The second-order valence-corrected chi connectivity index (χ2v) is 2.96. The Balaban J connectivity index is 4.79. The van der Waals surface area contributed by atoms with Gasteiger partial charge in [-0.1, -0.05) is 29.1 Å². The molecule has 0 saturated carbocycles. The summed E-state index contributed by atoms with van der Waals surface area (Å²) in [5, 5.41) is 8.65. The van der Waals surface area contributed by atoms with Crippen LogP contribution < -0.4 is 0 Å². The maximum Gasteiger partial charge on any atom is 0.339 e. The number of carboxylic acid groups (broad SMARTS) is 1. The highest BCUT2D eigenvalue weighted by atomic mass is 79.9. The zero-order chi connectivity index (χ0) is 9.72. The van der Waals surface area contributed by atoms with Crippen molar-refractivity contribution in [3.8, 4) is 0 Å². The third-order valence-corrected chi connectivity index (χ3v) is 1.31. The first-order valence-corrected chi connectivity index (χ1v) is 3.81. The van der Waals surface area contributed by atoms with Crippen molar-refractivity contribution in [3.05, 3.63) is 35.0 Å². The highest BCUT2D eigenvalue weighted by molar-refractivity contribution is 9.11. The molecule has 0 atom stereocenters. The van der Waals surface area contributed by atoms with Crippen molar-refractivity contribution < 1.29 is 14.6 Å². The minimum Gasteiger partial charge on any atom is -0.496 e. The van der Waals surface area contributed by atoms with Crippen LogP contribution in [0.3, 0.4) is 0 Å². The quantitative estimate of drug-likeness (QED) is 0.459. The first-order chi connectivity index (χ1) is 5.49. The van der Waals surface area contributed by atoms with E-state index in [9.17, 15) is 4.79 Å². The van der Waals surface area contributed by atoms with Crippen LogP contribution in [-0.4, -0.2) is 18.2 Å². The Morgan fingerprint density at radius 1 is 1.58 bits per heavy atom. The predicted molar refractivity (Wildman–Crippen MR) is 49.9 cm³/mol. The summed E-state index contributed by atoms with van der Waals surface area (Å²) in [6, 6.07) is 0. The number of rotatable bonds is 4. The molecular weight excluding hydrogens is 224 g/mol. The van der Waals surface area contributed by atoms with Crippen LogP contribution in [0, 0.1) is 0 Å². The molecule has 0 heterocycles. The highest BCUT2D eigenvalue weighted by Gasteiger charge is 2.11. The lowest BCUT2D eigenvalue weighted by Crippen LogP contribution is -2.04. The Labute approximate surface area is 79.2 Å². The van der Waals surface area contributed by atoms with Crippen LogP contribution >= 0.6 is 15.9 Å². The third kappa shape index (κ3) is 3.39. The third-order valence-electron chi connectivity index (χ3n) is 1.08. The normalized spacial score (nSPS) is 10.7. The fourth-order valence-corrected chi connectivity index (χ4v) is 0.757. The van der Waals surface area contributed by atoms with E-state index in [-0.39, 0.29) is 11.3 Å². The summed E-state index contributed by atoms with van der Waals surface area (Å²) in [6.45, 7) is 6.89. The molecule has 0 aromatic rings. The second-order valence-electron chi connectivity index (χ2n) is 1.94. The van der Waals surface area contributed by atoms with Gasteiger partial charge in [-0.05, 0) is 6.08 Å². The van der Waals surface area contributed by atoms with Crippen molar-refractivity contribution in [1.29, 1.82) is 0 Å². The second kappa shape index (κ2) is 4.77. The Morgan fingerprint density at radius 3 is 2.33 bits per heavy atom. The Kier molecular flexibility index (Phi) is 4.36. The lowest BCUT2D eigenvalue weighted by atomic mass is 10.2. The van der Waals surface area contributed by atoms with Gasteiger partial charge in [-0.15, -0.1) is 0 Å². The monoisotopic (exact) mass is 232 g/mol. The van der Waals surface area contributed by atoms with Gasteiger partial charge >= 0.3 is 5.97 Å². The lowest BCUT2D eigenvalue weighted by molar-refractivity contribution is -0.132. The average molecular weight is 233 g/mol. The minimum absolute atomic E-state index is 0.0145. The molecule has 3 nitrogen and oxygen atoms in total. The van der Waals surface area contributed by atoms with E-state index in [0.717, 1.165) is 0 Å². The van der Waals surface area contributed by atoms with Crippen LogP contribution in [0.1, 0.15) is 0 Å². The molecule has 1 N–H and O–H groups in total. The van der Waals surface area contributed by atoms with Gasteiger partial charge in [-0.2, -0.15) is 0 Å². The molecule has 0 aromatic heterocycles. The molecule has 0 fully saturated rings. The maximum atomic E-state index is 10.6. The number of aliphatic carboxylic acids is 1. The fraction of sp³-hybridized carbons (Fsp3) is 0.125. The van der Waals surface area contributed by atoms with Crippen LogP contribution in [0.2, 0.25) is 0 Å². The number of methoxy groups -OCH3 is 1. The van der Waals surface area contributed by atoms with Crippen LogP contribution in [-0.2, 0) is 9.53 Å². The van der Waals surface area contributed by atoms with E-state index in [0.29, 0.717) is 4.48 Å². The number of hydrogen-bond acceptors (Lipinski definition) is 2. The van der Waals surface area contributed by atoms with Gasteiger partial charge in [0.05, 0.1) is 7.11 Å². The number of halogens is 1. The van der Waals surface area contributed by atoms with Gasteiger partial charge in [0.2, 0.25) is 0 Å². The maximum absolute atomic E-state index is 10.6. The zero-order valence-electron chi connectivity index (χ0n) is 6.63. The molecule has 0 aliphatic carbocycles. The van der Waals surface area contributed by atoms with Crippen molar-refractivity contribution in [2.75, 3.05) is 7.11 Å². The molecule has 66 valence electrons. The van der Waals surface area contributed by atoms with E-state index in [1.54, 1.807) is 0 Å². The molecule has 0 amide bonds. The molecule has 4 heteroatoms. The van der Waals surface area contributed by atoms with Crippen LogP contribution in [0.4, 0.5) is 0 Å². The van der Waals surface area contributed by atoms with Gasteiger partial charge in [-0.3, -0.25) is 0 Å². The van der Waals surface area contributed by atoms with E-state index in [4.69, 9.17) is 5.11 Å². The van der Waals surface area contributed by atoms with Crippen LogP contribution in [0.25, 0.3) is 0 Å². The highest BCUT2D eigenvalue weighted by Crippen LogP contribution is 2.14. The summed E-state index contributed by atoms with van der Waals surface area (Å²) >= 11 is 3.01. The van der Waals surface area contributed by atoms with Gasteiger partial charge in [0.25, 0.3) is 0 Å². The van der Waals surface area contributed by atoms with Gasteiger partial charge in [0.1, 0.15) is 11.3 Å². The molecule has 0 saturated heterocycles. The number of hydrogen-bond donors (Lipinski definition) is 1. The molecule has 0 spiro atoms. The zero-order valence-corrected chi connectivity index (χ0v) is 8.22. The van der Waals surface area contributed by atoms with E-state index in [2.05, 4.69) is 33.8 Å². The predicted octanol–water partition coefficient (Wildman–Crippen LogP) is 2.07. The average Bonchev–Trinajstić information content (AvgIpc) is 1.98. The SMILES string of the molecule is C=C(Br)/C=C(\C(=C)OC)C(=O)O. The Morgan fingerprint density at radius 2 is 2.08 bits per heavy atom. The molecule has 0 rings (SSSR count). The molecule has 0 radical (unpaired) electrons. The molecular formula is C8H9BrO3. The topological polar surface area (TPSA) is 46.5 Å². The van der Waals surface area contributed by atoms with Crippen LogP contribution in [0.5, 0.6) is 0 Å². The van der Waals surface area contributed by atoms with Gasteiger partial charge in [0.15, 0.2) is 0 Å². The Bertz CT molecular complexity index is 253. The summed E-state index contributed by atoms with van der Waals surface area (Å²) < 4.78 is 5.13. The number of ether oxygens (including phenoxy) is 1. The molecule has 12 heavy (non-hydrogen) atoms. The smallest absolute Gasteiger partial charge is 0.339 e. The van der Waals surface area contributed by atoms with Crippen LogP contribution in [0.15, 0.2) is 35.0 Å². The summed E-state index contributed by atoms with van der Waals surface area (Å²) in [5.74, 6) is -0.995. The van der Waals surface area contributed by atoms with Crippen molar-refractivity contribution in [2.45, 2.75) is 0 Å². The van der Waals surface area contributed by atoms with E-state index >= 15 is 0 Å². The van der Waals surface area contributed by atoms with Crippen molar-refractivity contribution in [3.63, 3.8) is 0 Å². The largest absolute Gasteiger partial charge is 0.496 e. The number of allylic oxidation sites excluding steroid dienone is 2. The minimum atomic E-state index is -1.09. The van der Waals surface area contributed by atoms with Crippen molar-refractivity contribution in [1.82, 2.24) is 0 Å².